The van der Waals surface area contributed by atoms with Gasteiger partial charge in [-0.3, -0.25) is 4.79 Å². The molecule has 88 heavy (non-hydrogen) atoms. The van der Waals surface area contributed by atoms with E-state index in [1.165, 1.54) is 154 Å². The fourth-order valence-corrected chi connectivity index (χ4v) is 11.6. The molecule has 0 bridgehead atoms. The molecule has 1 amide bonds. The molecule has 3 heterocycles. The van der Waals surface area contributed by atoms with Crippen LogP contribution in [0.3, 0.4) is 0 Å². The van der Waals surface area contributed by atoms with Crippen LogP contribution in [0.2, 0.25) is 0 Å². The first-order valence-corrected chi connectivity index (χ1v) is 34.9. The van der Waals surface area contributed by atoms with Gasteiger partial charge in [0.1, 0.15) is 73.2 Å². The molecule has 3 fully saturated rings. The van der Waals surface area contributed by atoms with Crippen molar-refractivity contribution in [1.82, 2.24) is 5.32 Å². The molecule has 514 valence electrons. The molecule has 3 saturated heterocycles. The van der Waals surface area contributed by atoms with Gasteiger partial charge in [0.2, 0.25) is 5.91 Å². The van der Waals surface area contributed by atoms with Crippen LogP contribution in [0.25, 0.3) is 0 Å². The number of nitrogens with one attached hydrogen (secondary N) is 1. The molecule has 0 radical (unpaired) electrons. The van der Waals surface area contributed by atoms with E-state index >= 15 is 0 Å². The SMILES string of the molecule is CCCC/C=C\CCCCCCCC(=O)NC(COC1OC(CO)C(OC2OC(CO)C(OC3OC(CO)C(O)C(O)C3O)C(O)C2O)C(O)C1O)C(O)/C=C/CC/C=C/CC/C=C/CCCCCCCCCCCCCCCCCCCCCCCC. The summed E-state index contributed by atoms with van der Waals surface area (Å²) in [4.78, 5) is 13.3. The Labute approximate surface area is 529 Å². The lowest BCUT2D eigenvalue weighted by Crippen LogP contribution is -2.66. The maximum absolute atomic E-state index is 13.3. The molecule has 0 saturated carbocycles. The average molecular weight is 1260 g/mol. The van der Waals surface area contributed by atoms with E-state index in [4.69, 9.17) is 28.4 Å². The zero-order chi connectivity index (χ0) is 64.0. The second-order valence-electron chi connectivity index (χ2n) is 25.0. The first-order chi connectivity index (χ1) is 42.8. The summed E-state index contributed by atoms with van der Waals surface area (Å²) < 4.78 is 34.2. The van der Waals surface area contributed by atoms with Crippen molar-refractivity contribution in [2.24, 2.45) is 0 Å². The molecule has 3 aliphatic heterocycles. The van der Waals surface area contributed by atoms with Crippen LogP contribution in [0.1, 0.15) is 251 Å². The molecule has 3 aliphatic rings. The Bertz CT molecular complexity index is 1790. The largest absolute Gasteiger partial charge is 0.394 e. The summed E-state index contributed by atoms with van der Waals surface area (Å²) in [5.74, 6) is -0.301. The minimum atomic E-state index is -1.98. The van der Waals surface area contributed by atoms with Gasteiger partial charge in [-0.25, -0.2) is 0 Å². The summed E-state index contributed by atoms with van der Waals surface area (Å²) in [7, 11) is 0. The predicted molar refractivity (Wildman–Crippen MR) is 342 cm³/mol. The zero-order valence-corrected chi connectivity index (χ0v) is 54.2. The van der Waals surface area contributed by atoms with Gasteiger partial charge >= 0.3 is 0 Å². The third-order valence-corrected chi connectivity index (χ3v) is 17.3. The zero-order valence-electron chi connectivity index (χ0n) is 54.2. The van der Waals surface area contributed by atoms with E-state index < -0.39 is 124 Å². The van der Waals surface area contributed by atoms with Crippen molar-refractivity contribution in [2.75, 3.05) is 26.4 Å². The van der Waals surface area contributed by atoms with Gasteiger partial charge in [0, 0.05) is 6.42 Å². The third kappa shape index (κ3) is 33.0. The number of hydrogen-bond acceptors (Lipinski definition) is 18. The molecule has 12 N–H and O–H groups in total. The van der Waals surface area contributed by atoms with E-state index in [1.54, 1.807) is 6.08 Å². The standard InChI is InChI=1S/C69H125NO18/c1-3-5-7-9-11-13-15-16-17-18-19-20-21-22-23-24-25-26-27-28-29-30-31-32-33-34-35-37-38-40-42-44-46-53(74)52(70-57(75)47-45-43-41-39-36-14-12-10-8-6-4-2)51-83-67-63(81)60(78)65(55(49-72)85-67)88-69-64(82)61(79)66(56(50-73)86-69)87-68-62(80)59(77)58(76)54(48-71)84-68/h10,12,32-33,37-38,44,46,52-56,58-69,71-74,76-82H,3-9,11,13-31,34-36,39-43,45,47-51H2,1-2H3,(H,70,75)/b12-10-,33-32+,38-37+,46-44+. The summed E-state index contributed by atoms with van der Waals surface area (Å²) in [6, 6.07) is -1.00. The number of aliphatic hydroxyl groups excluding tert-OH is 11. The fourth-order valence-electron chi connectivity index (χ4n) is 11.6. The Hall–Kier alpha value is -2.25. The van der Waals surface area contributed by atoms with Gasteiger partial charge in [0.05, 0.1) is 38.6 Å². The van der Waals surface area contributed by atoms with E-state index in [-0.39, 0.29) is 18.9 Å². The molecule has 17 unspecified atom stereocenters. The lowest BCUT2D eigenvalue weighted by Gasteiger charge is -2.48. The highest BCUT2D eigenvalue weighted by molar-refractivity contribution is 5.76. The Kier molecular flexibility index (Phi) is 46.5. The van der Waals surface area contributed by atoms with Gasteiger partial charge in [0.25, 0.3) is 0 Å². The van der Waals surface area contributed by atoms with E-state index in [0.717, 1.165) is 64.2 Å². The van der Waals surface area contributed by atoms with E-state index in [2.05, 4.69) is 55.6 Å². The van der Waals surface area contributed by atoms with Crippen molar-refractivity contribution in [3.8, 4) is 0 Å². The first-order valence-electron chi connectivity index (χ1n) is 34.9. The molecule has 17 atom stereocenters. The number of aliphatic hydroxyl groups is 11. The number of allylic oxidation sites excluding steroid dienone is 7. The van der Waals surface area contributed by atoms with Gasteiger partial charge in [0.15, 0.2) is 18.9 Å². The van der Waals surface area contributed by atoms with Crippen molar-refractivity contribution in [3.63, 3.8) is 0 Å². The number of unbranched alkanes of at least 4 members (excludes halogenated alkanes) is 31. The van der Waals surface area contributed by atoms with Crippen molar-refractivity contribution >= 4 is 5.91 Å². The van der Waals surface area contributed by atoms with Crippen LogP contribution in [0.15, 0.2) is 48.6 Å². The van der Waals surface area contributed by atoms with E-state index in [0.29, 0.717) is 12.8 Å². The van der Waals surface area contributed by atoms with E-state index in [1.807, 2.05) is 6.08 Å². The second-order valence-corrected chi connectivity index (χ2v) is 25.0. The molecule has 0 aromatic heterocycles. The van der Waals surface area contributed by atoms with Gasteiger partial charge in [-0.1, -0.05) is 229 Å². The van der Waals surface area contributed by atoms with Crippen LogP contribution in [-0.4, -0.2) is 193 Å². The summed E-state index contributed by atoms with van der Waals surface area (Å²) in [5, 5.41) is 120. The maximum atomic E-state index is 13.3. The van der Waals surface area contributed by atoms with Crippen LogP contribution in [-0.2, 0) is 33.2 Å². The van der Waals surface area contributed by atoms with Crippen LogP contribution >= 0.6 is 0 Å². The quantitative estimate of drug-likeness (QED) is 0.0200. The summed E-state index contributed by atoms with van der Waals surface area (Å²) in [5.41, 5.74) is 0. The van der Waals surface area contributed by atoms with Gasteiger partial charge in [-0.2, -0.15) is 0 Å². The number of carbonyl (C=O) groups excluding carboxylic acids is 1. The molecule has 0 aromatic rings. The first kappa shape index (κ1) is 80.0. The lowest BCUT2D eigenvalue weighted by atomic mass is 9.96. The molecule has 0 aliphatic carbocycles. The molecule has 19 nitrogen and oxygen atoms in total. The smallest absolute Gasteiger partial charge is 0.220 e. The number of hydrogen-bond donors (Lipinski definition) is 12. The molecular formula is C69H125NO18. The second kappa shape index (κ2) is 51.2. The van der Waals surface area contributed by atoms with Gasteiger partial charge in [-0.05, 0) is 64.2 Å². The third-order valence-electron chi connectivity index (χ3n) is 17.3. The van der Waals surface area contributed by atoms with E-state index in [9.17, 15) is 61.0 Å². The summed E-state index contributed by atoms with van der Waals surface area (Å²) >= 11 is 0. The topological polar surface area (TPSA) is 307 Å². The number of amides is 1. The van der Waals surface area contributed by atoms with Crippen LogP contribution < -0.4 is 5.32 Å². The predicted octanol–water partition coefficient (Wildman–Crippen LogP) is 9.00. The Morgan fingerprint density at radius 1 is 0.398 bits per heavy atom. The molecule has 0 spiro atoms. The number of ether oxygens (including phenoxy) is 6. The Balaban J connectivity index is 1.39. The molecular weight excluding hydrogens is 1130 g/mol. The highest BCUT2D eigenvalue weighted by atomic mass is 16.8. The van der Waals surface area contributed by atoms with Crippen molar-refractivity contribution in [1.29, 1.82) is 0 Å². The number of carbonyl (C=O) groups is 1. The molecule has 3 rings (SSSR count). The monoisotopic (exact) mass is 1260 g/mol. The highest BCUT2D eigenvalue weighted by Gasteiger charge is 2.53. The summed E-state index contributed by atoms with van der Waals surface area (Å²) in [6.45, 7) is 1.66. The van der Waals surface area contributed by atoms with Crippen LogP contribution in [0.4, 0.5) is 0 Å². The maximum Gasteiger partial charge on any atom is 0.220 e. The lowest BCUT2D eigenvalue weighted by molar-refractivity contribution is -0.379. The van der Waals surface area contributed by atoms with Crippen LogP contribution in [0, 0.1) is 0 Å². The molecule has 0 aromatic carbocycles. The van der Waals surface area contributed by atoms with Crippen LogP contribution in [0.5, 0.6) is 0 Å². The summed E-state index contributed by atoms with van der Waals surface area (Å²) in [6.07, 6.45) is 34.2. The minimum Gasteiger partial charge on any atom is -0.394 e. The minimum absolute atomic E-state index is 0.220. The highest BCUT2D eigenvalue weighted by Crippen LogP contribution is 2.33. The fraction of sp³-hybridized carbons (Fsp3) is 0.870. The van der Waals surface area contributed by atoms with Crippen molar-refractivity contribution in [2.45, 2.75) is 356 Å². The van der Waals surface area contributed by atoms with Crippen molar-refractivity contribution < 1.29 is 89.4 Å². The Morgan fingerprint density at radius 3 is 1.17 bits per heavy atom. The number of rotatable bonds is 53. The van der Waals surface area contributed by atoms with Gasteiger partial charge < -0.3 is 89.9 Å². The average Bonchev–Trinajstić information content (AvgIpc) is 2.16. The molecule has 19 heteroatoms. The Morgan fingerprint density at radius 2 is 0.739 bits per heavy atom. The normalized spacial score (nSPS) is 28.7. The van der Waals surface area contributed by atoms with Gasteiger partial charge in [-0.15, -0.1) is 0 Å². The van der Waals surface area contributed by atoms with Crippen molar-refractivity contribution in [3.05, 3.63) is 48.6 Å².